The molecule has 0 unspecified atom stereocenters. The molecular formula is C32H48BNO4Si. The first-order valence-electron chi connectivity index (χ1n) is 14.3. The van der Waals surface area contributed by atoms with E-state index in [2.05, 4.69) is 111 Å². The Morgan fingerprint density at radius 3 is 2.03 bits per heavy atom. The number of ether oxygens (including phenoxy) is 1. The van der Waals surface area contributed by atoms with E-state index < -0.39 is 38.1 Å². The number of hydrogen-bond donors (Lipinski definition) is 1. The highest BCUT2D eigenvalue weighted by atomic mass is 28.3. The average molecular weight is 550 g/mol. The molecule has 7 heteroatoms. The van der Waals surface area contributed by atoms with Crippen molar-refractivity contribution in [1.29, 1.82) is 0 Å². The van der Waals surface area contributed by atoms with Gasteiger partial charge in [0.1, 0.15) is 13.7 Å². The zero-order valence-corrected chi connectivity index (χ0v) is 27.1. The first kappa shape index (κ1) is 31.3. The van der Waals surface area contributed by atoms with Gasteiger partial charge in [0.25, 0.3) is 0 Å². The summed E-state index contributed by atoms with van der Waals surface area (Å²) in [6.45, 7) is 26.0. The highest BCUT2D eigenvalue weighted by Gasteiger charge is 2.52. The molecule has 0 aromatic heterocycles. The van der Waals surface area contributed by atoms with Crippen molar-refractivity contribution in [3.05, 3.63) is 41.5 Å². The normalized spacial score (nSPS) is 17.2. The maximum Gasteiger partial charge on any atom is 0.495 e. The van der Waals surface area contributed by atoms with Crippen LogP contribution in [0.25, 0.3) is 10.8 Å². The summed E-state index contributed by atoms with van der Waals surface area (Å²) in [4.78, 5) is 11.5. The lowest BCUT2D eigenvalue weighted by molar-refractivity contribution is 0.00578. The Morgan fingerprint density at radius 2 is 1.54 bits per heavy atom. The van der Waals surface area contributed by atoms with Crippen molar-refractivity contribution >= 4 is 37.5 Å². The first-order valence-corrected chi connectivity index (χ1v) is 16.5. The highest BCUT2D eigenvalue weighted by molar-refractivity contribution is 6.90. The van der Waals surface area contributed by atoms with Crippen LogP contribution in [0, 0.1) is 11.5 Å². The molecule has 0 aliphatic carbocycles. The molecule has 0 saturated carbocycles. The van der Waals surface area contributed by atoms with Crippen LogP contribution in [0.1, 0.15) is 94.2 Å². The molecule has 0 spiro atoms. The van der Waals surface area contributed by atoms with Crippen LogP contribution in [0.5, 0.6) is 0 Å². The lowest BCUT2D eigenvalue weighted by atomic mass is 9.73. The van der Waals surface area contributed by atoms with Gasteiger partial charge in [0.2, 0.25) is 0 Å². The number of benzene rings is 2. The fourth-order valence-corrected chi connectivity index (χ4v) is 11.5. The lowest BCUT2D eigenvalue weighted by Gasteiger charge is -2.38. The van der Waals surface area contributed by atoms with E-state index in [1.807, 2.05) is 13.8 Å². The van der Waals surface area contributed by atoms with Crippen LogP contribution in [-0.2, 0) is 20.5 Å². The largest absolute Gasteiger partial charge is 0.495 e. The molecule has 3 rings (SSSR count). The third-order valence-corrected chi connectivity index (χ3v) is 15.2. The van der Waals surface area contributed by atoms with Crippen LogP contribution in [-0.4, -0.2) is 38.1 Å². The highest BCUT2D eigenvalue weighted by Crippen LogP contribution is 2.41. The molecule has 2 N–H and O–H groups in total. The summed E-state index contributed by atoms with van der Waals surface area (Å²) in [6, 6.07) is 10.6. The van der Waals surface area contributed by atoms with Gasteiger partial charge in [-0.15, -0.1) is 5.54 Å². The maximum atomic E-state index is 11.5. The average Bonchev–Trinajstić information content (AvgIpc) is 2.98. The quantitative estimate of drug-likeness (QED) is 0.295. The molecular weight excluding hydrogens is 501 g/mol. The molecule has 0 radical (unpaired) electrons. The summed E-state index contributed by atoms with van der Waals surface area (Å²) in [5, 5.41) is 2.12. The van der Waals surface area contributed by atoms with Gasteiger partial charge in [-0.05, 0) is 86.0 Å². The molecule has 1 fully saturated rings. The Bertz CT molecular complexity index is 1250. The fraction of sp³-hybridized carbons (Fsp3) is 0.594. The van der Waals surface area contributed by atoms with Crippen LogP contribution in [0.4, 0.5) is 4.79 Å². The first-order chi connectivity index (χ1) is 17.8. The van der Waals surface area contributed by atoms with Crippen molar-refractivity contribution in [3.63, 3.8) is 0 Å². The number of carbonyl (C=O) groups is 1. The van der Waals surface area contributed by atoms with Gasteiger partial charge < -0.3 is 19.8 Å². The predicted molar refractivity (Wildman–Crippen MR) is 166 cm³/mol. The molecule has 1 amide bonds. The number of carbonyl (C=O) groups excluding carboxylic acids is 1. The monoisotopic (exact) mass is 549 g/mol. The SMILES string of the molecule is CC(C)[Si](C#Cc1cccc2cc(CC(C)(C)OC(N)=O)cc(B3OC(C)(C)C(C)(C)O3)c12)(C(C)C)C(C)C. The maximum absolute atomic E-state index is 11.5. The predicted octanol–water partition coefficient (Wildman–Crippen LogP) is 7.12. The van der Waals surface area contributed by atoms with E-state index >= 15 is 0 Å². The van der Waals surface area contributed by atoms with Gasteiger partial charge in [-0.2, -0.15) is 0 Å². The Kier molecular flexibility index (Phi) is 8.78. The molecule has 1 heterocycles. The summed E-state index contributed by atoms with van der Waals surface area (Å²) in [6.07, 6.45) is -0.282. The van der Waals surface area contributed by atoms with Gasteiger partial charge in [0.05, 0.1) is 11.2 Å². The molecule has 2 aromatic rings. The summed E-state index contributed by atoms with van der Waals surface area (Å²) in [7, 11) is -2.49. The minimum atomic E-state index is -1.93. The Morgan fingerprint density at radius 1 is 1.00 bits per heavy atom. The van der Waals surface area contributed by atoms with Crippen molar-refractivity contribution in [2.24, 2.45) is 5.73 Å². The number of primary amides is 1. The summed E-state index contributed by atoms with van der Waals surface area (Å²) >= 11 is 0. The molecule has 1 saturated heterocycles. The number of fused-ring (bicyclic) bond motifs is 1. The molecule has 212 valence electrons. The van der Waals surface area contributed by atoms with Crippen LogP contribution in [0.3, 0.4) is 0 Å². The van der Waals surface area contributed by atoms with Gasteiger partial charge >= 0.3 is 13.2 Å². The number of amides is 1. The minimum Gasteiger partial charge on any atom is -0.443 e. The molecule has 1 aliphatic heterocycles. The van der Waals surface area contributed by atoms with Gasteiger partial charge in [-0.1, -0.05) is 71.7 Å². The molecule has 0 bridgehead atoms. The van der Waals surface area contributed by atoms with Gasteiger partial charge in [0, 0.05) is 12.0 Å². The van der Waals surface area contributed by atoms with E-state index in [0.717, 1.165) is 27.4 Å². The second-order valence-electron chi connectivity index (χ2n) is 13.7. The van der Waals surface area contributed by atoms with Crippen LogP contribution < -0.4 is 11.2 Å². The van der Waals surface area contributed by atoms with Crippen LogP contribution >= 0.6 is 0 Å². The van der Waals surface area contributed by atoms with E-state index in [-0.39, 0.29) is 0 Å². The van der Waals surface area contributed by atoms with Crippen molar-refractivity contribution in [3.8, 4) is 11.5 Å². The van der Waals surface area contributed by atoms with Gasteiger partial charge in [-0.3, -0.25) is 0 Å². The molecule has 39 heavy (non-hydrogen) atoms. The minimum absolute atomic E-state index is 0.482. The number of nitrogens with two attached hydrogens (primary N) is 1. The lowest BCUT2D eigenvalue weighted by Crippen LogP contribution is -2.43. The van der Waals surface area contributed by atoms with Crippen molar-refractivity contribution < 1.29 is 18.8 Å². The van der Waals surface area contributed by atoms with Gasteiger partial charge in [-0.25, -0.2) is 4.79 Å². The smallest absolute Gasteiger partial charge is 0.443 e. The molecule has 5 nitrogen and oxygen atoms in total. The Balaban J connectivity index is 2.28. The van der Waals surface area contributed by atoms with Crippen LogP contribution in [0.15, 0.2) is 30.3 Å². The van der Waals surface area contributed by atoms with E-state index in [1.165, 1.54) is 0 Å². The second kappa shape index (κ2) is 11.0. The Hall–Kier alpha value is -2.27. The number of hydrogen-bond acceptors (Lipinski definition) is 4. The fourth-order valence-electron chi connectivity index (χ4n) is 6.30. The Labute approximate surface area is 237 Å². The molecule has 0 atom stereocenters. The zero-order chi connectivity index (χ0) is 29.6. The van der Waals surface area contributed by atoms with Crippen LogP contribution in [0.2, 0.25) is 16.6 Å². The van der Waals surface area contributed by atoms with Crippen molar-refractivity contribution in [2.45, 2.75) is 123 Å². The summed E-state index contributed by atoms with van der Waals surface area (Å²) in [5.74, 6) is 3.69. The van der Waals surface area contributed by atoms with Crippen molar-refractivity contribution in [2.75, 3.05) is 0 Å². The third kappa shape index (κ3) is 6.24. The summed E-state index contributed by atoms with van der Waals surface area (Å²) in [5.41, 5.74) is 12.1. The van der Waals surface area contributed by atoms with E-state index in [1.54, 1.807) is 0 Å². The zero-order valence-electron chi connectivity index (χ0n) is 26.1. The molecule has 1 aliphatic rings. The van der Waals surface area contributed by atoms with E-state index in [0.29, 0.717) is 23.0 Å². The number of rotatable bonds is 7. The van der Waals surface area contributed by atoms with Gasteiger partial charge in [0.15, 0.2) is 0 Å². The third-order valence-electron chi connectivity index (χ3n) is 8.86. The standard InChI is InChI=1S/C32H48BNO4Si/c1-21(2)39(22(3)4,23(5)6)17-16-25-14-13-15-26-18-24(20-30(7,8)36-29(34)35)19-27(28(25)26)33-37-31(9,10)32(11,12)38-33/h13-15,18-19,21-23H,20H2,1-12H3,(H2,34,35). The van der Waals surface area contributed by atoms with Crippen molar-refractivity contribution in [1.82, 2.24) is 0 Å². The van der Waals surface area contributed by atoms with E-state index in [9.17, 15) is 4.79 Å². The topological polar surface area (TPSA) is 70.8 Å². The molecule has 2 aromatic carbocycles. The summed E-state index contributed by atoms with van der Waals surface area (Å²) < 4.78 is 18.5. The second-order valence-corrected chi connectivity index (χ2v) is 19.3. The van der Waals surface area contributed by atoms with E-state index in [4.69, 9.17) is 19.8 Å².